The summed E-state index contributed by atoms with van der Waals surface area (Å²) in [6.07, 6.45) is 2.30. The highest BCUT2D eigenvalue weighted by molar-refractivity contribution is 6.10. The number of hydrogen-bond donors (Lipinski definition) is 2. The third-order valence-electron chi connectivity index (χ3n) is 7.26. The highest BCUT2D eigenvalue weighted by Crippen LogP contribution is 2.39. The summed E-state index contributed by atoms with van der Waals surface area (Å²) in [5, 5.41) is 5.15. The van der Waals surface area contributed by atoms with Crippen LogP contribution in [0.3, 0.4) is 0 Å². The number of benzene rings is 4. The van der Waals surface area contributed by atoms with Crippen LogP contribution in [0.15, 0.2) is 84.0 Å². The Morgan fingerprint density at radius 1 is 0.800 bits per heavy atom. The average molecular weight is 608 g/mol. The molecule has 2 N–H and O–H groups in total. The van der Waals surface area contributed by atoms with E-state index >= 15 is 0 Å². The van der Waals surface area contributed by atoms with Crippen molar-refractivity contribution in [2.45, 2.75) is 13.3 Å². The summed E-state index contributed by atoms with van der Waals surface area (Å²) in [6, 6.07) is 23.7. The van der Waals surface area contributed by atoms with Crippen molar-refractivity contribution in [1.82, 2.24) is 10.4 Å². The molecule has 5 rings (SSSR count). The van der Waals surface area contributed by atoms with Crippen molar-refractivity contribution in [3.05, 3.63) is 101 Å². The lowest BCUT2D eigenvalue weighted by atomic mass is 10.00. The zero-order chi connectivity index (χ0) is 31.9. The van der Waals surface area contributed by atoms with Gasteiger partial charge in [0.05, 0.1) is 40.2 Å². The molecular formula is C35H33N3O7. The minimum absolute atomic E-state index is 0.190. The Kier molecular flexibility index (Phi) is 9.33. The number of nitrogens with zero attached hydrogens (tertiary/aromatic N) is 1. The summed E-state index contributed by atoms with van der Waals surface area (Å²) in [4.78, 5) is 29.7. The highest BCUT2D eigenvalue weighted by atomic mass is 16.6. The van der Waals surface area contributed by atoms with Crippen LogP contribution < -0.4 is 29.1 Å². The Morgan fingerprint density at radius 2 is 1.51 bits per heavy atom. The van der Waals surface area contributed by atoms with Gasteiger partial charge in [-0.2, -0.15) is 5.10 Å². The fourth-order valence-corrected chi connectivity index (χ4v) is 5.08. The molecule has 0 spiro atoms. The van der Waals surface area contributed by atoms with E-state index in [9.17, 15) is 9.59 Å². The second kappa shape index (κ2) is 13.7. The molecule has 0 atom stereocenters. The molecule has 0 unspecified atom stereocenters. The number of fused-ring (bicyclic) bond motifs is 1. The molecule has 5 aromatic rings. The van der Waals surface area contributed by atoms with E-state index < -0.39 is 5.97 Å². The number of rotatable bonds is 11. The summed E-state index contributed by atoms with van der Waals surface area (Å²) in [5.74, 6) is 0.439. The third-order valence-corrected chi connectivity index (χ3v) is 7.26. The average Bonchev–Trinajstić information content (AvgIpc) is 3.48. The van der Waals surface area contributed by atoms with Gasteiger partial charge in [-0.3, -0.25) is 4.79 Å². The first kappa shape index (κ1) is 30.7. The molecule has 0 aliphatic heterocycles. The van der Waals surface area contributed by atoms with Gasteiger partial charge in [-0.15, -0.1) is 0 Å². The summed E-state index contributed by atoms with van der Waals surface area (Å²) >= 11 is 0. The van der Waals surface area contributed by atoms with Crippen molar-refractivity contribution in [1.29, 1.82) is 0 Å². The van der Waals surface area contributed by atoms with Crippen molar-refractivity contribution in [3.8, 4) is 39.9 Å². The number of amides is 1. The van der Waals surface area contributed by atoms with E-state index in [-0.39, 0.29) is 17.2 Å². The Morgan fingerprint density at radius 3 is 2.16 bits per heavy atom. The number of methoxy groups -OCH3 is 4. The monoisotopic (exact) mass is 607 g/mol. The second-order valence-electron chi connectivity index (χ2n) is 9.85. The standard InChI is InChI=1S/C35H33N3O7/c1-6-22-13-10-14-25-30(23-11-8-7-9-12-23)32(37-31(22)25)34(39)38-36-20-21-15-16-26(27(17-21)41-2)45-35(40)24-18-28(42-3)33(44-5)29(19-24)43-4/h7-20,37H,6H2,1-5H3,(H,38,39). The predicted molar refractivity (Wildman–Crippen MR) is 172 cm³/mol. The van der Waals surface area contributed by atoms with Crippen LogP contribution in [-0.4, -0.2) is 51.5 Å². The number of hydrazone groups is 1. The van der Waals surface area contributed by atoms with Crippen LogP contribution in [0.2, 0.25) is 0 Å². The van der Waals surface area contributed by atoms with Gasteiger partial charge in [0.25, 0.3) is 5.91 Å². The van der Waals surface area contributed by atoms with Gasteiger partial charge in [0.1, 0.15) is 5.69 Å². The zero-order valence-corrected chi connectivity index (χ0v) is 25.6. The molecule has 0 aliphatic carbocycles. The summed E-state index contributed by atoms with van der Waals surface area (Å²) in [7, 11) is 5.86. The maximum Gasteiger partial charge on any atom is 0.343 e. The summed E-state index contributed by atoms with van der Waals surface area (Å²) in [6.45, 7) is 2.08. The second-order valence-corrected chi connectivity index (χ2v) is 9.85. The quantitative estimate of drug-likeness (QED) is 0.0770. The predicted octanol–water partition coefficient (Wildman–Crippen LogP) is 6.41. The number of H-pyrrole nitrogens is 1. The van der Waals surface area contributed by atoms with Gasteiger partial charge >= 0.3 is 5.97 Å². The van der Waals surface area contributed by atoms with Gasteiger partial charge in [-0.1, -0.05) is 55.5 Å². The van der Waals surface area contributed by atoms with E-state index in [4.69, 9.17) is 23.7 Å². The van der Waals surface area contributed by atoms with Crippen LogP contribution in [-0.2, 0) is 6.42 Å². The van der Waals surface area contributed by atoms with Crippen LogP contribution in [0.1, 0.15) is 38.9 Å². The molecule has 0 radical (unpaired) electrons. The minimum atomic E-state index is -0.653. The van der Waals surface area contributed by atoms with Gasteiger partial charge in [0.15, 0.2) is 23.0 Å². The van der Waals surface area contributed by atoms with E-state index in [1.54, 1.807) is 18.2 Å². The number of carbonyl (C=O) groups is 2. The number of aromatic amines is 1. The normalized spacial score (nSPS) is 11.0. The Hall–Kier alpha value is -5.77. The Balaban J connectivity index is 1.35. The molecule has 1 amide bonds. The molecule has 0 saturated heterocycles. The lowest BCUT2D eigenvalue weighted by molar-refractivity contribution is 0.0728. The minimum Gasteiger partial charge on any atom is -0.493 e. The van der Waals surface area contributed by atoms with E-state index in [1.807, 2.05) is 48.5 Å². The highest BCUT2D eigenvalue weighted by Gasteiger charge is 2.21. The number of aromatic nitrogens is 1. The molecule has 0 fully saturated rings. The van der Waals surface area contributed by atoms with Crippen molar-refractivity contribution in [2.24, 2.45) is 5.10 Å². The van der Waals surface area contributed by atoms with E-state index in [1.165, 1.54) is 46.8 Å². The first-order valence-electron chi connectivity index (χ1n) is 14.1. The number of hydrogen-bond acceptors (Lipinski definition) is 8. The van der Waals surface area contributed by atoms with Gasteiger partial charge in [0.2, 0.25) is 5.75 Å². The Bertz CT molecular complexity index is 1850. The largest absolute Gasteiger partial charge is 0.493 e. The van der Waals surface area contributed by atoms with Crippen molar-refractivity contribution < 1.29 is 33.3 Å². The molecule has 1 aromatic heterocycles. The molecule has 0 bridgehead atoms. The molecule has 10 heteroatoms. The Labute approximate surface area is 260 Å². The first-order valence-corrected chi connectivity index (χ1v) is 14.1. The van der Waals surface area contributed by atoms with Crippen LogP contribution in [0, 0.1) is 0 Å². The molecule has 230 valence electrons. The van der Waals surface area contributed by atoms with Gasteiger partial charge in [-0.05, 0) is 53.4 Å². The summed E-state index contributed by atoms with van der Waals surface area (Å²) in [5.41, 5.74) is 7.62. The van der Waals surface area contributed by atoms with E-state index in [0.717, 1.165) is 34.0 Å². The molecule has 4 aromatic carbocycles. The van der Waals surface area contributed by atoms with Crippen LogP contribution >= 0.6 is 0 Å². The first-order chi connectivity index (χ1) is 21.9. The van der Waals surface area contributed by atoms with E-state index in [0.29, 0.717) is 34.3 Å². The van der Waals surface area contributed by atoms with E-state index in [2.05, 4.69) is 22.4 Å². The molecule has 45 heavy (non-hydrogen) atoms. The lowest BCUT2D eigenvalue weighted by Crippen LogP contribution is -2.19. The fraction of sp³-hybridized carbons (Fsp3) is 0.171. The molecule has 0 saturated carbocycles. The maximum atomic E-state index is 13.4. The number of esters is 1. The molecular weight excluding hydrogens is 574 g/mol. The fourth-order valence-electron chi connectivity index (χ4n) is 5.08. The topological polar surface area (TPSA) is 120 Å². The van der Waals surface area contributed by atoms with Crippen molar-refractivity contribution >= 4 is 29.0 Å². The number of nitrogens with one attached hydrogen (secondary N) is 2. The number of carbonyl (C=O) groups excluding carboxylic acids is 2. The summed E-state index contributed by atoms with van der Waals surface area (Å²) < 4.78 is 27.1. The smallest absolute Gasteiger partial charge is 0.343 e. The molecule has 10 nitrogen and oxygen atoms in total. The number of para-hydroxylation sites is 1. The van der Waals surface area contributed by atoms with Gasteiger partial charge in [0, 0.05) is 16.5 Å². The number of aryl methyl sites for hydroxylation is 1. The van der Waals surface area contributed by atoms with Gasteiger partial charge in [-0.25, -0.2) is 10.2 Å². The van der Waals surface area contributed by atoms with Crippen LogP contribution in [0.25, 0.3) is 22.0 Å². The third kappa shape index (κ3) is 6.30. The SMILES string of the molecule is CCc1cccc2c(-c3ccccc3)c(C(=O)NN=Cc3ccc(OC(=O)c4cc(OC)c(OC)c(OC)c4)c(OC)c3)[nH]c12. The lowest BCUT2D eigenvalue weighted by Gasteiger charge is -2.14. The zero-order valence-electron chi connectivity index (χ0n) is 25.6. The van der Waals surface area contributed by atoms with Crippen LogP contribution in [0.4, 0.5) is 0 Å². The van der Waals surface area contributed by atoms with Gasteiger partial charge < -0.3 is 28.7 Å². The van der Waals surface area contributed by atoms with Crippen LogP contribution in [0.5, 0.6) is 28.7 Å². The van der Waals surface area contributed by atoms with Crippen molar-refractivity contribution in [3.63, 3.8) is 0 Å². The molecule has 1 heterocycles. The molecule has 0 aliphatic rings. The maximum absolute atomic E-state index is 13.4. The number of ether oxygens (including phenoxy) is 5. The van der Waals surface area contributed by atoms with Crippen molar-refractivity contribution in [2.75, 3.05) is 28.4 Å².